The first kappa shape index (κ1) is 21.1. The summed E-state index contributed by atoms with van der Waals surface area (Å²) in [7, 11) is 0. The molecule has 4 rings (SSSR count). The van der Waals surface area contributed by atoms with E-state index in [0.717, 1.165) is 60.9 Å². The van der Waals surface area contributed by atoms with Crippen LogP contribution in [-0.2, 0) is 22.5 Å². The molecule has 0 saturated carbocycles. The second-order valence-corrected chi connectivity index (χ2v) is 8.75. The lowest BCUT2D eigenvalue weighted by Gasteiger charge is -2.11. The van der Waals surface area contributed by atoms with Crippen LogP contribution in [-0.4, -0.2) is 34.7 Å². The van der Waals surface area contributed by atoms with Crippen molar-refractivity contribution in [3.05, 3.63) is 64.4 Å². The van der Waals surface area contributed by atoms with Crippen LogP contribution in [0, 0.1) is 0 Å². The van der Waals surface area contributed by atoms with Crippen molar-refractivity contribution < 1.29 is 9.53 Å². The SMILES string of the molecule is O=C(NCCCCCc1nc2ccccc2n1Cc1cccc(Br)c1)C1CCCO1. The molecule has 2 aromatic carbocycles. The summed E-state index contributed by atoms with van der Waals surface area (Å²) in [5.41, 5.74) is 3.48. The number of nitrogens with one attached hydrogen (secondary N) is 1. The van der Waals surface area contributed by atoms with Gasteiger partial charge in [0.1, 0.15) is 11.9 Å². The number of halogens is 1. The van der Waals surface area contributed by atoms with Gasteiger partial charge in [-0.2, -0.15) is 0 Å². The average molecular weight is 470 g/mol. The second-order valence-electron chi connectivity index (χ2n) is 7.84. The minimum atomic E-state index is -0.233. The Kier molecular flexibility index (Phi) is 7.18. The Hall–Kier alpha value is -2.18. The topological polar surface area (TPSA) is 56.2 Å². The van der Waals surface area contributed by atoms with Crippen molar-refractivity contribution in [1.82, 2.24) is 14.9 Å². The van der Waals surface area contributed by atoms with Crippen LogP contribution in [0.25, 0.3) is 11.0 Å². The lowest BCUT2D eigenvalue weighted by atomic mass is 10.1. The van der Waals surface area contributed by atoms with Gasteiger partial charge in [-0.05, 0) is 55.5 Å². The highest BCUT2D eigenvalue weighted by molar-refractivity contribution is 9.10. The van der Waals surface area contributed by atoms with Crippen molar-refractivity contribution in [1.29, 1.82) is 0 Å². The fourth-order valence-corrected chi connectivity index (χ4v) is 4.45. The number of nitrogens with zero attached hydrogens (tertiary/aromatic N) is 2. The number of rotatable bonds is 9. The third kappa shape index (κ3) is 5.29. The van der Waals surface area contributed by atoms with Crippen molar-refractivity contribution in [3.8, 4) is 0 Å². The second kappa shape index (κ2) is 10.2. The minimum Gasteiger partial charge on any atom is -0.368 e. The molecule has 1 fully saturated rings. The average Bonchev–Trinajstić information content (AvgIpc) is 3.40. The van der Waals surface area contributed by atoms with Gasteiger partial charge < -0.3 is 14.6 Å². The molecular formula is C24H28BrN3O2. The largest absolute Gasteiger partial charge is 0.368 e. The number of para-hydroxylation sites is 2. The normalized spacial score (nSPS) is 16.2. The highest BCUT2D eigenvalue weighted by Crippen LogP contribution is 2.21. The van der Waals surface area contributed by atoms with Crippen LogP contribution >= 0.6 is 15.9 Å². The number of benzene rings is 2. The number of ether oxygens (including phenoxy) is 1. The van der Waals surface area contributed by atoms with E-state index >= 15 is 0 Å². The highest BCUT2D eigenvalue weighted by Gasteiger charge is 2.22. The van der Waals surface area contributed by atoms with E-state index in [0.29, 0.717) is 13.2 Å². The standard InChI is InChI=1S/C24H28BrN3O2/c25-19-9-6-8-18(16-19)17-28-21-11-4-3-10-20(21)27-23(28)13-2-1-5-14-26-24(29)22-12-7-15-30-22/h3-4,6,8-11,16,22H,1-2,5,7,12-15,17H2,(H,26,29). The first-order chi connectivity index (χ1) is 14.7. The smallest absolute Gasteiger partial charge is 0.249 e. The number of hydrogen-bond donors (Lipinski definition) is 1. The van der Waals surface area contributed by atoms with Crippen LogP contribution in [0.15, 0.2) is 53.0 Å². The van der Waals surface area contributed by atoms with Crippen LogP contribution in [0.2, 0.25) is 0 Å². The van der Waals surface area contributed by atoms with Gasteiger partial charge in [-0.25, -0.2) is 4.98 Å². The number of unbranched alkanes of at least 4 members (excludes halogenated alkanes) is 2. The number of amides is 1. The van der Waals surface area contributed by atoms with Gasteiger partial charge in [0, 0.05) is 30.6 Å². The number of imidazole rings is 1. The minimum absolute atomic E-state index is 0.0447. The molecule has 158 valence electrons. The summed E-state index contributed by atoms with van der Waals surface area (Å²) in [5.74, 6) is 1.17. The van der Waals surface area contributed by atoms with E-state index < -0.39 is 0 Å². The number of carbonyl (C=O) groups excluding carboxylic acids is 1. The Morgan fingerprint density at radius 1 is 1.17 bits per heavy atom. The van der Waals surface area contributed by atoms with Crippen LogP contribution in [0.3, 0.4) is 0 Å². The number of aryl methyl sites for hydroxylation is 1. The van der Waals surface area contributed by atoms with Gasteiger partial charge in [0.05, 0.1) is 11.0 Å². The molecule has 2 heterocycles. The number of carbonyl (C=O) groups is 1. The molecule has 0 spiro atoms. The molecular weight excluding hydrogens is 442 g/mol. The Labute approximate surface area is 186 Å². The van der Waals surface area contributed by atoms with E-state index in [1.807, 2.05) is 12.1 Å². The Morgan fingerprint density at radius 2 is 2.07 bits per heavy atom. The number of fused-ring (bicyclic) bond motifs is 1. The van der Waals surface area contributed by atoms with Gasteiger partial charge in [-0.15, -0.1) is 0 Å². The van der Waals surface area contributed by atoms with Crippen LogP contribution in [0.4, 0.5) is 0 Å². The zero-order valence-electron chi connectivity index (χ0n) is 17.1. The maximum atomic E-state index is 12.0. The molecule has 1 aliphatic rings. The van der Waals surface area contributed by atoms with Crippen LogP contribution in [0.1, 0.15) is 43.5 Å². The predicted molar refractivity (Wildman–Crippen MR) is 123 cm³/mol. The number of aromatic nitrogens is 2. The van der Waals surface area contributed by atoms with Crippen molar-refractivity contribution in [3.63, 3.8) is 0 Å². The van der Waals surface area contributed by atoms with Crippen LogP contribution in [0.5, 0.6) is 0 Å². The molecule has 5 nitrogen and oxygen atoms in total. The van der Waals surface area contributed by atoms with Gasteiger partial charge in [0.15, 0.2) is 0 Å². The van der Waals surface area contributed by atoms with E-state index in [-0.39, 0.29) is 12.0 Å². The summed E-state index contributed by atoms with van der Waals surface area (Å²) in [6.45, 7) is 2.24. The quantitative estimate of drug-likeness (QED) is 0.455. The van der Waals surface area contributed by atoms with E-state index in [9.17, 15) is 4.79 Å². The van der Waals surface area contributed by atoms with E-state index in [4.69, 9.17) is 9.72 Å². The summed E-state index contributed by atoms with van der Waals surface area (Å²) in [4.78, 5) is 16.9. The maximum Gasteiger partial charge on any atom is 0.249 e. The van der Waals surface area contributed by atoms with Crippen molar-refractivity contribution in [2.45, 2.75) is 51.2 Å². The summed E-state index contributed by atoms with van der Waals surface area (Å²) in [5, 5.41) is 3.00. The molecule has 1 unspecified atom stereocenters. The zero-order valence-corrected chi connectivity index (χ0v) is 18.7. The molecule has 0 bridgehead atoms. The molecule has 1 amide bonds. The highest BCUT2D eigenvalue weighted by atomic mass is 79.9. The van der Waals surface area contributed by atoms with E-state index in [1.165, 1.54) is 11.1 Å². The van der Waals surface area contributed by atoms with Crippen molar-refractivity contribution in [2.24, 2.45) is 0 Å². The van der Waals surface area contributed by atoms with Gasteiger partial charge in [0.2, 0.25) is 5.91 Å². The first-order valence-electron chi connectivity index (χ1n) is 10.8. The first-order valence-corrected chi connectivity index (χ1v) is 11.6. The molecule has 3 aromatic rings. The fraction of sp³-hybridized carbons (Fsp3) is 0.417. The van der Waals surface area contributed by atoms with Gasteiger partial charge >= 0.3 is 0 Å². The summed E-state index contributed by atoms with van der Waals surface area (Å²) >= 11 is 3.57. The monoisotopic (exact) mass is 469 g/mol. The Balaban J connectivity index is 1.32. The maximum absolute atomic E-state index is 12.0. The fourth-order valence-electron chi connectivity index (χ4n) is 4.01. The van der Waals surface area contributed by atoms with Gasteiger partial charge in [-0.3, -0.25) is 4.79 Å². The Morgan fingerprint density at radius 3 is 2.90 bits per heavy atom. The van der Waals surface area contributed by atoms with Gasteiger partial charge in [0.25, 0.3) is 0 Å². The molecule has 1 aromatic heterocycles. The summed E-state index contributed by atoms with van der Waals surface area (Å²) in [6.07, 6.45) is 5.62. The molecule has 1 N–H and O–H groups in total. The lowest BCUT2D eigenvalue weighted by Crippen LogP contribution is -2.34. The predicted octanol–water partition coefficient (Wildman–Crippen LogP) is 4.86. The third-order valence-corrected chi connectivity index (χ3v) is 6.06. The molecule has 1 saturated heterocycles. The molecule has 30 heavy (non-hydrogen) atoms. The van der Waals surface area contributed by atoms with Crippen molar-refractivity contribution in [2.75, 3.05) is 13.2 Å². The third-order valence-electron chi connectivity index (χ3n) is 5.56. The van der Waals surface area contributed by atoms with Gasteiger partial charge in [-0.1, -0.05) is 46.6 Å². The number of hydrogen-bond acceptors (Lipinski definition) is 3. The van der Waals surface area contributed by atoms with E-state index in [1.54, 1.807) is 0 Å². The molecule has 0 aliphatic carbocycles. The van der Waals surface area contributed by atoms with Crippen LogP contribution < -0.4 is 5.32 Å². The Bertz CT molecular complexity index is 995. The molecule has 1 atom stereocenters. The van der Waals surface area contributed by atoms with E-state index in [2.05, 4.69) is 62.2 Å². The summed E-state index contributed by atoms with van der Waals surface area (Å²) < 4.78 is 8.85. The molecule has 6 heteroatoms. The zero-order chi connectivity index (χ0) is 20.8. The lowest BCUT2D eigenvalue weighted by molar-refractivity contribution is -0.130. The molecule has 1 aliphatic heterocycles. The van der Waals surface area contributed by atoms with Crippen molar-refractivity contribution >= 4 is 32.9 Å². The summed E-state index contributed by atoms with van der Waals surface area (Å²) in [6, 6.07) is 16.8. The molecule has 0 radical (unpaired) electrons.